The molecular weight excluding hydrogens is 345 g/mol. The molecule has 7 heteroatoms. The Bertz CT molecular complexity index is 564. The highest BCUT2D eigenvalue weighted by Crippen LogP contribution is 2.24. The first-order valence-electron chi connectivity index (χ1n) is 6.14. The van der Waals surface area contributed by atoms with Gasteiger partial charge in [0.25, 0.3) is 0 Å². The second kappa shape index (κ2) is 7.75. The monoisotopic (exact) mass is 359 g/mol. The van der Waals surface area contributed by atoms with E-state index in [1.54, 1.807) is 19.5 Å². The van der Waals surface area contributed by atoms with Crippen LogP contribution in [-0.4, -0.2) is 28.5 Å². The Kier molecular flexibility index (Phi) is 6.00. The van der Waals surface area contributed by atoms with E-state index in [-0.39, 0.29) is 5.82 Å². The molecule has 0 radical (unpaired) electrons. The molecular formula is C13H15BrFN3OS. The summed E-state index contributed by atoms with van der Waals surface area (Å²) in [6.07, 6.45) is 2.59. The van der Waals surface area contributed by atoms with E-state index in [1.165, 1.54) is 17.8 Å². The van der Waals surface area contributed by atoms with Crippen molar-refractivity contribution in [3.8, 4) is 0 Å². The van der Waals surface area contributed by atoms with Gasteiger partial charge in [0, 0.05) is 30.5 Å². The highest BCUT2D eigenvalue weighted by atomic mass is 79.9. The second-order valence-corrected chi connectivity index (χ2v) is 6.04. The van der Waals surface area contributed by atoms with E-state index < -0.39 is 0 Å². The summed E-state index contributed by atoms with van der Waals surface area (Å²) in [7, 11) is 1.68. The van der Waals surface area contributed by atoms with Crippen molar-refractivity contribution in [3.05, 3.63) is 40.4 Å². The minimum absolute atomic E-state index is 0.211. The molecule has 2 rings (SSSR count). The number of nitrogens with zero attached hydrogens (tertiary/aromatic N) is 3. The van der Waals surface area contributed by atoms with Crippen LogP contribution >= 0.6 is 27.7 Å². The molecule has 0 fully saturated rings. The number of benzene rings is 1. The van der Waals surface area contributed by atoms with E-state index >= 15 is 0 Å². The number of rotatable bonds is 7. The van der Waals surface area contributed by atoms with Crippen LogP contribution < -0.4 is 0 Å². The van der Waals surface area contributed by atoms with Gasteiger partial charge in [0.05, 0.1) is 0 Å². The van der Waals surface area contributed by atoms with Crippen molar-refractivity contribution in [1.29, 1.82) is 0 Å². The van der Waals surface area contributed by atoms with E-state index in [0.717, 1.165) is 22.6 Å². The zero-order chi connectivity index (χ0) is 14.4. The number of thioether (sulfide) groups is 1. The summed E-state index contributed by atoms with van der Waals surface area (Å²) in [6, 6.07) is 5.08. The Morgan fingerprint density at radius 3 is 3.05 bits per heavy atom. The van der Waals surface area contributed by atoms with Crippen LogP contribution in [0.25, 0.3) is 0 Å². The average Bonchev–Trinajstić information content (AvgIpc) is 2.86. The molecule has 0 amide bonds. The predicted octanol–water partition coefficient (Wildman–Crippen LogP) is 3.51. The van der Waals surface area contributed by atoms with E-state index in [9.17, 15) is 4.39 Å². The van der Waals surface area contributed by atoms with Gasteiger partial charge in [-0.05, 0) is 24.1 Å². The molecule has 0 bridgehead atoms. The van der Waals surface area contributed by atoms with Gasteiger partial charge in [-0.2, -0.15) is 0 Å². The molecule has 20 heavy (non-hydrogen) atoms. The van der Waals surface area contributed by atoms with Crippen molar-refractivity contribution in [2.45, 2.75) is 23.9 Å². The maximum atomic E-state index is 13.7. The van der Waals surface area contributed by atoms with Crippen LogP contribution in [0.2, 0.25) is 0 Å². The van der Waals surface area contributed by atoms with Gasteiger partial charge in [-0.1, -0.05) is 33.8 Å². The molecule has 1 aromatic heterocycles. The van der Waals surface area contributed by atoms with Crippen molar-refractivity contribution in [2.75, 3.05) is 13.7 Å². The highest BCUT2D eigenvalue weighted by Gasteiger charge is 2.08. The lowest BCUT2D eigenvalue weighted by atomic mass is 10.2. The van der Waals surface area contributed by atoms with Crippen LogP contribution in [0, 0.1) is 5.82 Å². The van der Waals surface area contributed by atoms with Crippen LogP contribution in [0.5, 0.6) is 0 Å². The molecule has 0 saturated heterocycles. The Morgan fingerprint density at radius 2 is 2.30 bits per heavy atom. The average molecular weight is 360 g/mol. The van der Waals surface area contributed by atoms with Crippen molar-refractivity contribution in [1.82, 2.24) is 14.8 Å². The summed E-state index contributed by atoms with van der Waals surface area (Å²) in [5, 5.41) is 8.76. The van der Waals surface area contributed by atoms with Gasteiger partial charge in [-0.25, -0.2) is 4.39 Å². The number of aryl methyl sites for hydroxylation is 1. The van der Waals surface area contributed by atoms with Gasteiger partial charge in [-0.15, -0.1) is 10.2 Å². The Balaban J connectivity index is 1.95. The predicted molar refractivity (Wildman–Crippen MR) is 80.2 cm³/mol. The summed E-state index contributed by atoms with van der Waals surface area (Å²) < 4.78 is 21.4. The molecule has 0 aliphatic heterocycles. The zero-order valence-electron chi connectivity index (χ0n) is 11.1. The number of ether oxygens (including phenoxy) is 1. The Hall–Kier alpha value is -0.920. The maximum absolute atomic E-state index is 13.7. The smallest absolute Gasteiger partial charge is 0.191 e. The fourth-order valence-electron chi connectivity index (χ4n) is 1.67. The number of hydrogen-bond acceptors (Lipinski definition) is 4. The third-order valence-corrected chi connectivity index (χ3v) is 4.22. The molecule has 4 nitrogen and oxygen atoms in total. The van der Waals surface area contributed by atoms with Crippen molar-refractivity contribution < 1.29 is 9.13 Å². The molecule has 0 aliphatic rings. The van der Waals surface area contributed by atoms with Crippen LogP contribution in [0.1, 0.15) is 12.0 Å². The quantitative estimate of drug-likeness (QED) is 0.560. The molecule has 108 valence electrons. The van der Waals surface area contributed by atoms with E-state index in [4.69, 9.17) is 4.74 Å². The minimum atomic E-state index is -0.211. The SMILES string of the molecule is COCCCn1cnnc1SCc1ccc(Br)cc1F. The topological polar surface area (TPSA) is 39.9 Å². The van der Waals surface area contributed by atoms with Crippen LogP contribution in [0.3, 0.4) is 0 Å². The van der Waals surface area contributed by atoms with Crippen LogP contribution in [-0.2, 0) is 17.0 Å². The Morgan fingerprint density at radius 1 is 1.45 bits per heavy atom. The van der Waals surface area contributed by atoms with Crippen molar-refractivity contribution in [3.63, 3.8) is 0 Å². The zero-order valence-corrected chi connectivity index (χ0v) is 13.5. The molecule has 2 aromatic rings. The standard InChI is InChI=1S/C13H15BrFN3OS/c1-19-6-2-5-18-9-16-17-13(18)20-8-10-3-4-11(14)7-12(10)15/h3-4,7,9H,2,5-6,8H2,1H3. The maximum Gasteiger partial charge on any atom is 0.191 e. The summed E-state index contributed by atoms with van der Waals surface area (Å²) in [4.78, 5) is 0. The summed E-state index contributed by atoms with van der Waals surface area (Å²) >= 11 is 4.73. The van der Waals surface area contributed by atoms with Gasteiger partial charge < -0.3 is 9.30 Å². The third kappa shape index (κ3) is 4.29. The van der Waals surface area contributed by atoms with E-state index in [2.05, 4.69) is 26.1 Å². The van der Waals surface area contributed by atoms with Crippen LogP contribution in [0.15, 0.2) is 34.2 Å². The van der Waals surface area contributed by atoms with Gasteiger partial charge in [0.1, 0.15) is 12.1 Å². The molecule has 1 heterocycles. The Labute approximate surface area is 129 Å². The van der Waals surface area contributed by atoms with E-state index in [0.29, 0.717) is 17.9 Å². The van der Waals surface area contributed by atoms with Gasteiger partial charge >= 0.3 is 0 Å². The van der Waals surface area contributed by atoms with Gasteiger partial charge in [0.15, 0.2) is 5.16 Å². The second-order valence-electron chi connectivity index (χ2n) is 4.18. The molecule has 0 atom stereocenters. The molecule has 0 spiro atoms. The highest BCUT2D eigenvalue weighted by molar-refractivity contribution is 9.10. The minimum Gasteiger partial charge on any atom is -0.385 e. The first-order chi connectivity index (χ1) is 9.70. The summed E-state index contributed by atoms with van der Waals surface area (Å²) in [5.74, 6) is 0.319. The van der Waals surface area contributed by atoms with Crippen LogP contribution in [0.4, 0.5) is 4.39 Å². The summed E-state index contributed by atoms with van der Waals surface area (Å²) in [5.41, 5.74) is 0.657. The van der Waals surface area contributed by atoms with Gasteiger partial charge in [-0.3, -0.25) is 0 Å². The number of methoxy groups -OCH3 is 1. The molecule has 0 unspecified atom stereocenters. The molecule has 0 aliphatic carbocycles. The van der Waals surface area contributed by atoms with E-state index in [1.807, 2.05) is 10.6 Å². The van der Waals surface area contributed by atoms with Gasteiger partial charge in [0.2, 0.25) is 0 Å². The lowest BCUT2D eigenvalue weighted by molar-refractivity contribution is 0.189. The summed E-state index contributed by atoms with van der Waals surface area (Å²) in [6.45, 7) is 1.50. The molecule has 1 aromatic carbocycles. The first-order valence-corrected chi connectivity index (χ1v) is 7.92. The molecule has 0 N–H and O–H groups in total. The fraction of sp³-hybridized carbons (Fsp3) is 0.385. The lowest BCUT2D eigenvalue weighted by Crippen LogP contribution is -2.02. The number of aromatic nitrogens is 3. The first kappa shape index (κ1) is 15.5. The number of hydrogen-bond donors (Lipinski definition) is 0. The van der Waals surface area contributed by atoms with Crippen molar-refractivity contribution >= 4 is 27.7 Å². The molecule has 0 saturated carbocycles. The third-order valence-electron chi connectivity index (χ3n) is 2.70. The normalized spacial score (nSPS) is 10.9. The number of halogens is 2. The lowest BCUT2D eigenvalue weighted by Gasteiger charge is -2.06. The van der Waals surface area contributed by atoms with Crippen molar-refractivity contribution in [2.24, 2.45) is 0 Å². The largest absolute Gasteiger partial charge is 0.385 e. The fourth-order valence-corrected chi connectivity index (χ4v) is 2.93.